The van der Waals surface area contributed by atoms with Crippen molar-refractivity contribution in [2.75, 3.05) is 0 Å². The third kappa shape index (κ3) is 1.51. The van der Waals surface area contributed by atoms with E-state index in [4.69, 9.17) is 9.95 Å². The lowest BCUT2D eigenvalue weighted by Gasteiger charge is -1.86. The zero-order valence-electron chi connectivity index (χ0n) is 7.51. The second-order valence-electron chi connectivity index (χ2n) is 2.77. The van der Waals surface area contributed by atoms with Crippen LogP contribution in [0.2, 0.25) is 0 Å². The number of azide groups is 1. The molecule has 2 aromatic rings. The highest BCUT2D eigenvalue weighted by molar-refractivity contribution is 5.67. The molecular weight excluding hydrogens is 182 g/mol. The van der Waals surface area contributed by atoms with Gasteiger partial charge in [0, 0.05) is 10.6 Å². The minimum Gasteiger partial charge on any atom is -0.439 e. The summed E-state index contributed by atoms with van der Waals surface area (Å²) >= 11 is 0. The number of aromatic nitrogens is 2. The highest BCUT2D eigenvalue weighted by Crippen LogP contribution is 2.14. The first-order valence-electron chi connectivity index (χ1n) is 4.03. The summed E-state index contributed by atoms with van der Waals surface area (Å²) in [6, 6.07) is 3.63. The molecule has 0 unspecified atom stereocenters. The Hall–Kier alpha value is -2.07. The van der Waals surface area contributed by atoms with Gasteiger partial charge in [0.2, 0.25) is 5.89 Å². The molecule has 0 N–H and O–H groups in total. The van der Waals surface area contributed by atoms with Crippen LogP contribution in [0, 0.1) is 6.92 Å². The first-order valence-corrected chi connectivity index (χ1v) is 4.03. The average Bonchev–Trinajstić information content (AvgIpc) is 2.56. The second-order valence-corrected chi connectivity index (χ2v) is 2.77. The molecule has 0 aliphatic heterocycles. The van der Waals surface area contributed by atoms with E-state index in [0.717, 1.165) is 5.69 Å². The van der Waals surface area contributed by atoms with Crippen molar-refractivity contribution in [3.63, 3.8) is 0 Å². The molecule has 2 heterocycles. The van der Waals surface area contributed by atoms with Crippen molar-refractivity contribution in [2.24, 2.45) is 5.11 Å². The monoisotopic (exact) mass is 189 g/mol. The Morgan fingerprint density at radius 3 is 3.14 bits per heavy atom. The van der Waals surface area contributed by atoms with E-state index in [9.17, 15) is 0 Å². The van der Waals surface area contributed by atoms with Crippen molar-refractivity contribution in [3.05, 3.63) is 34.2 Å². The third-order valence-corrected chi connectivity index (χ3v) is 1.71. The predicted molar refractivity (Wildman–Crippen MR) is 49.4 cm³/mol. The van der Waals surface area contributed by atoms with Gasteiger partial charge >= 0.3 is 0 Å². The van der Waals surface area contributed by atoms with Gasteiger partial charge in [-0.25, -0.2) is 4.98 Å². The van der Waals surface area contributed by atoms with Gasteiger partial charge in [-0.1, -0.05) is 5.11 Å². The summed E-state index contributed by atoms with van der Waals surface area (Å²) in [5, 5.41) is 3.36. The van der Waals surface area contributed by atoms with Crippen molar-refractivity contribution in [1.29, 1.82) is 0 Å². The number of pyridine rings is 1. The zero-order valence-corrected chi connectivity index (χ0v) is 7.51. The molecule has 0 atom stereocenters. The van der Waals surface area contributed by atoms with Crippen LogP contribution in [-0.2, 0) is 6.54 Å². The Balaban J connectivity index is 2.45. The van der Waals surface area contributed by atoms with Gasteiger partial charge in [0.15, 0.2) is 11.2 Å². The maximum Gasteiger partial charge on any atom is 0.202 e. The van der Waals surface area contributed by atoms with E-state index in [1.807, 2.05) is 13.0 Å². The van der Waals surface area contributed by atoms with Crippen LogP contribution in [0.4, 0.5) is 0 Å². The van der Waals surface area contributed by atoms with Crippen molar-refractivity contribution in [2.45, 2.75) is 13.5 Å². The minimum absolute atomic E-state index is 0.117. The van der Waals surface area contributed by atoms with Crippen LogP contribution < -0.4 is 0 Å². The summed E-state index contributed by atoms with van der Waals surface area (Å²) in [4.78, 5) is 10.9. The molecule has 2 aromatic heterocycles. The van der Waals surface area contributed by atoms with Crippen LogP contribution in [0.3, 0.4) is 0 Å². The maximum absolute atomic E-state index is 8.12. The Morgan fingerprint density at radius 2 is 2.36 bits per heavy atom. The normalized spacial score (nSPS) is 10.1. The standard InChI is InChI=1S/C8H7N5O/c1-5-2-3-6-8(11-5)12-7(14-6)4-10-13-9/h2-3H,4H2,1H3. The molecule has 2 rings (SSSR count). The number of hydrogen-bond donors (Lipinski definition) is 0. The fraction of sp³-hybridized carbons (Fsp3) is 0.250. The van der Waals surface area contributed by atoms with Gasteiger partial charge in [0.25, 0.3) is 0 Å². The molecule has 0 aliphatic carbocycles. The van der Waals surface area contributed by atoms with Crippen molar-refractivity contribution in [3.8, 4) is 0 Å². The van der Waals surface area contributed by atoms with Gasteiger partial charge in [-0.3, -0.25) is 0 Å². The molecular formula is C8H7N5O. The molecule has 0 fully saturated rings. The molecule has 6 heteroatoms. The molecule has 0 aliphatic rings. The van der Waals surface area contributed by atoms with Gasteiger partial charge in [-0.05, 0) is 24.6 Å². The molecule has 0 aromatic carbocycles. The molecule has 0 amide bonds. The van der Waals surface area contributed by atoms with E-state index >= 15 is 0 Å². The van der Waals surface area contributed by atoms with Crippen molar-refractivity contribution >= 4 is 11.2 Å². The molecule has 0 bridgehead atoms. The van der Waals surface area contributed by atoms with Crippen LogP contribution in [0.1, 0.15) is 11.6 Å². The van der Waals surface area contributed by atoms with Gasteiger partial charge in [-0.2, -0.15) is 4.98 Å². The second kappa shape index (κ2) is 3.35. The number of fused-ring (bicyclic) bond motifs is 1. The summed E-state index contributed by atoms with van der Waals surface area (Å²) in [6.07, 6.45) is 0. The molecule has 0 saturated carbocycles. The van der Waals surface area contributed by atoms with Crippen molar-refractivity contribution < 1.29 is 4.42 Å². The van der Waals surface area contributed by atoms with Crippen LogP contribution in [0.5, 0.6) is 0 Å². The van der Waals surface area contributed by atoms with Crippen LogP contribution in [0.25, 0.3) is 21.7 Å². The minimum atomic E-state index is 0.117. The van der Waals surface area contributed by atoms with Crippen molar-refractivity contribution in [1.82, 2.24) is 9.97 Å². The third-order valence-electron chi connectivity index (χ3n) is 1.71. The fourth-order valence-corrected chi connectivity index (χ4v) is 1.12. The molecule has 14 heavy (non-hydrogen) atoms. The van der Waals surface area contributed by atoms with Crippen LogP contribution in [-0.4, -0.2) is 9.97 Å². The quantitative estimate of drug-likeness (QED) is 0.412. The van der Waals surface area contributed by atoms with E-state index in [1.54, 1.807) is 6.07 Å². The Kier molecular flexibility index (Phi) is 2.04. The summed E-state index contributed by atoms with van der Waals surface area (Å²) in [6.45, 7) is 1.99. The van der Waals surface area contributed by atoms with Crippen LogP contribution in [0.15, 0.2) is 21.7 Å². The van der Waals surface area contributed by atoms with E-state index in [0.29, 0.717) is 17.1 Å². The number of rotatable bonds is 2. The lowest BCUT2D eigenvalue weighted by atomic mass is 10.4. The number of oxazole rings is 1. The van der Waals surface area contributed by atoms with E-state index in [2.05, 4.69) is 20.0 Å². The fourth-order valence-electron chi connectivity index (χ4n) is 1.12. The lowest BCUT2D eigenvalue weighted by molar-refractivity contribution is 0.532. The zero-order chi connectivity index (χ0) is 9.97. The molecule has 70 valence electrons. The summed E-state index contributed by atoms with van der Waals surface area (Å²) in [7, 11) is 0. The smallest absolute Gasteiger partial charge is 0.202 e. The van der Waals surface area contributed by atoms with E-state index < -0.39 is 0 Å². The Morgan fingerprint density at radius 1 is 1.50 bits per heavy atom. The predicted octanol–water partition coefficient (Wildman–Crippen LogP) is 2.34. The van der Waals surface area contributed by atoms with E-state index in [-0.39, 0.29) is 6.54 Å². The first-order chi connectivity index (χ1) is 6.79. The molecule has 0 radical (unpaired) electrons. The van der Waals surface area contributed by atoms with Gasteiger partial charge in [-0.15, -0.1) is 0 Å². The highest BCUT2D eigenvalue weighted by atomic mass is 16.3. The lowest BCUT2D eigenvalue weighted by Crippen LogP contribution is -1.81. The van der Waals surface area contributed by atoms with Gasteiger partial charge in [0.05, 0.1) is 0 Å². The summed E-state index contributed by atoms with van der Waals surface area (Å²) in [5.74, 6) is 0.385. The van der Waals surface area contributed by atoms with Gasteiger partial charge in [0.1, 0.15) is 6.54 Å². The first kappa shape index (κ1) is 8.52. The van der Waals surface area contributed by atoms with Gasteiger partial charge < -0.3 is 4.42 Å². The number of nitrogens with zero attached hydrogens (tertiary/aromatic N) is 5. The molecule has 0 saturated heterocycles. The SMILES string of the molecule is Cc1ccc2oc(CN=[N+]=[N-])nc2n1. The Labute approximate surface area is 79.2 Å². The molecule has 6 nitrogen and oxygen atoms in total. The maximum atomic E-state index is 8.12. The summed E-state index contributed by atoms with van der Waals surface area (Å²) in [5.41, 5.74) is 10.2. The molecule has 0 spiro atoms. The van der Waals surface area contributed by atoms with E-state index in [1.165, 1.54) is 0 Å². The van der Waals surface area contributed by atoms with Crippen LogP contribution >= 0.6 is 0 Å². The topological polar surface area (TPSA) is 87.7 Å². The largest absolute Gasteiger partial charge is 0.439 e. The number of aryl methyl sites for hydroxylation is 1. The number of hydrogen-bond acceptors (Lipinski definition) is 4. The highest BCUT2D eigenvalue weighted by Gasteiger charge is 2.05. The Bertz CT molecular complexity index is 511. The average molecular weight is 189 g/mol. The summed E-state index contributed by atoms with van der Waals surface area (Å²) < 4.78 is 5.29.